The third-order valence-corrected chi connectivity index (χ3v) is 10.6. The summed E-state index contributed by atoms with van der Waals surface area (Å²) in [5.74, 6) is -3.57. The summed E-state index contributed by atoms with van der Waals surface area (Å²) in [4.78, 5) is 38.9. The van der Waals surface area contributed by atoms with Crippen molar-refractivity contribution >= 4 is 33.2 Å². The average molecular weight is 726 g/mol. The largest absolute Gasteiger partial charge is 0.481 e. The molecule has 4 atom stereocenters. The van der Waals surface area contributed by atoms with Crippen LogP contribution in [0.2, 0.25) is 0 Å². The van der Waals surface area contributed by atoms with E-state index in [0.717, 1.165) is 52.4 Å². The predicted molar refractivity (Wildman–Crippen MR) is 199 cm³/mol. The highest BCUT2D eigenvalue weighted by Crippen LogP contribution is 2.46. The van der Waals surface area contributed by atoms with Gasteiger partial charge in [0.05, 0.1) is 23.8 Å². The number of aliphatic hydroxyl groups is 1. The van der Waals surface area contributed by atoms with E-state index in [9.17, 15) is 37.4 Å². The molecule has 1 amide bonds. The Morgan fingerprint density at radius 2 is 1.37 bits per heavy atom. The summed E-state index contributed by atoms with van der Waals surface area (Å²) in [6, 6.07) is 28.8. The van der Waals surface area contributed by atoms with Crippen LogP contribution in [0.4, 0.5) is 10.1 Å². The fourth-order valence-corrected chi connectivity index (χ4v) is 7.62. The van der Waals surface area contributed by atoms with E-state index in [2.05, 4.69) is 6.58 Å². The second-order valence-electron chi connectivity index (χ2n) is 13.6. The van der Waals surface area contributed by atoms with E-state index in [1.807, 2.05) is 72.8 Å². The molecule has 1 unspecified atom stereocenters. The van der Waals surface area contributed by atoms with E-state index in [4.69, 9.17) is 0 Å². The molecule has 0 spiro atoms. The Kier molecular flexibility index (Phi) is 12.6. The van der Waals surface area contributed by atoms with Gasteiger partial charge >= 0.3 is 5.97 Å². The molecule has 1 aliphatic rings. The first-order valence-electron chi connectivity index (χ1n) is 17.4. The number of carboxylic acid groups (broad SMARTS) is 1. The number of aryl methyl sites for hydroxylation is 3. The Bertz CT molecular complexity index is 1980. The lowest BCUT2D eigenvalue weighted by Crippen LogP contribution is -2.55. The van der Waals surface area contributed by atoms with Gasteiger partial charge in [0.25, 0.3) is 0 Å². The molecule has 0 aliphatic carbocycles. The molecule has 4 aromatic carbocycles. The number of allylic oxidation sites excluding steroid dienone is 1. The van der Waals surface area contributed by atoms with Gasteiger partial charge in [0.2, 0.25) is 5.91 Å². The van der Waals surface area contributed by atoms with Crippen molar-refractivity contribution in [2.45, 2.75) is 62.8 Å². The van der Waals surface area contributed by atoms with E-state index in [-0.39, 0.29) is 35.9 Å². The zero-order chi connectivity index (χ0) is 37.4. The molecule has 4 aromatic rings. The van der Waals surface area contributed by atoms with Gasteiger partial charge in [0.15, 0.2) is 15.6 Å². The molecule has 272 valence electrons. The maximum Gasteiger partial charge on any atom is 0.314 e. The molecular formula is C42H44FNO7S. The van der Waals surface area contributed by atoms with Crippen molar-refractivity contribution in [3.8, 4) is 0 Å². The van der Waals surface area contributed by atoms with Gasteiger partial charge in [-0.05, 0) is 109 Å². The number of carbonyl (C=O) groups excluding carboxylic acids is 2. The highest BCUT2D eigenvalue weighted by atomic mass is 32.2. The summed E-state index contributed by atoms with van der Waals surface area (Å²) in [5, 5.41) is 20.2. The average Bonchev–Trinajstić information content (AvgIpc) is 3.12. The van der Waals surface area contributed by atoms with Crippen LogP contribution < -0.4 is 4.90 Å². The molecule has 52 heavy (non-hydrogen) atoms. The van der Waals surface area contributed by atoms with E-state index in [1.54, 1.807) is 17.0 Å². The number of ketones is 1. The summed E-state index contributed by atoms with van der Waals surface area (Å²) in [7, 11) is -3.10. The summed E-state index contributed by atoms with van der Waals surface area (Å²) >= 11 is 0. The maximum absolute atomic E-state index is 13.7. The van der Waals surface area contributed by atoms with Gasteiger partial charge in [-0.2, -0.15) is 0 Å². The number of carboxylic acids is 1. The molecule has 1 heterocycles. The molecule has 1 saturated heterocycles. The second-order valence-corrected chi connectivity index (χ2v) is 15.7. The Balaban J connectivity index is 1.28. The smallest absolute Gasteiger partial charge is 0.314 e. The highest BCUT2D eigenvalue weighted by molar-refractivity contribution is 7.89. The van der Waals surface area contributed by atoms with Crippen LogP contribution in [0.5, 0.6) is 0 Å². The molecular weight excluding hydrogens is 682 g/mol. The topological polar surface area (TPSA) is 129 Å². The minimum Gasteiger partial charge on any atom is -0.481 e. The number of hydrogen-bond acceptors (Lipinski definition) is 6. The monoisotopic (exact) mass is 725 g/mol. The van der Waals surface area contributed by atoms with Gasteiger partial charge in [-0.25, -0.2) is 12.8 Å². The quantitative estimate of drug-likeness (QED) is 0.0633. The Morgan fingerprint density at radius 3 is 1.92 bits per heavy atom. The first-order valence-corrected chi connectivity index (χ1v) is 19.5. The lowest BCUT2D eigenvalue weighted by molar-refractivity contribution is -0.145. The van der Waals surface area contributed by atoms with Crippen LogP contribution in [0.1, 0.15) is 71.2 Å². The fourth-order valence-electron chi connectivity index (χ4n) is 6.83. The third kappa shape index (κ3) is 9.89. The van der Waals surface area contributed by atoms with Gasteiger partial charge in [-0.1, -0.05) is 79.4 Å². The van der Waals surface area contributed by atoms with Crippen LogP contribution in [0.25, 0.3) is 0 Å². The molecule has 2 N–H and O–H groups in total. The lowest BCUT2D eigenvalue weighted by atomic mass is 9.78. The van der Waals surface area contributed by atoms with E-state index in [0.29, 0.717) is 31.2 Å². The van der Waals surface area contributed by atoms with Crippen molar-refractivity contribution in [2.24, 2.45) is 11.8 Å². The zero-order valence-electron chi connectivity index (χ0n) is 29.2. The van der Waals surface area contributed by atoms with Gasteiger partial charge in [-0.3, -0.25) is 14.4 Å². The van der Waals surface area contributed by atoms with Crippen molar-refractivity contribution in [3.63, 3.8) is 0 Å². The number of aliphatic hydroxyl groups excluding tert-OH is 1. The number of β-lactam (4-membered cyclic amide) rings is 1. The molecule has 8 nitrogen and oxygen atoms in total. The maximum atomic E-state index is 13.7. The van der Waals surface area contributed by atoms with Gasteiger partial charge in [-0.15, -0.1) is 0 Å². The number of amides is 1. The standard InChI is InChI=1S/C42H44FNO7S/c1-3-38(45)36(42(48)49)6-4-5-28-13-17-33(18-14-28)40-37(25-26-39(46)32-19-21-34(43)22-20-32)41(47)44(40)35-23-15-30(16-24-35)8-7-29-9-11-31(12-10-29)27-52(2,50)51/h3,9-24,36-37,39-40,46H,1,4-8,25-27H2,2H3,(H,48,49)/t36?,37-,39+,40-/m1/s1. The van der Waals surface area contributed by atoms with Crippen molar-refractivity contribution < 1.29 is 37.4 Å². The molecule has 0 radical (unpaired) electrons. The Labute approximate surface area is 304 Å². The van der Waals surface area contributed by atoms with Crippen molar-refractivity contribution in [1.82, 2.24) is 0 Å². The Hall–Kier alpha value is -4.93. The van der Waals surface area contributed by atoms with E-state index >= 15 is 0 Å². The number of sulfone groups is 1. The summed E-state index contributed by atoms with van der Waals surface area (Å²) in [6.07, 6.45) is 5.02. The first-order chi connectivity index (χ1) is 24.8. The first kappa shape index (κ1) is 38.3. The number of anilines is 1. The molecule has 5 rings (SSSR count). The SMILES string of the molecule is C=CC(=O)C(CCCc1ccc([C@@H]2[C@@H](CC[C@H](O)c3ccc(F)cc3)C(=O)N2c2ccc(CCc3ccc(CS(C)(=O)=O)cc3)cc2)cc1)C(=O)O. The van der Waals surface area contributed by atoms with Crippen LogP contribution in [0, 0.1) is 17.7 Å². The fraction of sp³-hybridized carbons (Fsp3) is 0.310. The highest BCUT2D eigenvalue weighted by Gasteiger charge is 2.48. The van der Waals surface area contributed by atoms with Crippen LogP contribution in [0.3, 0.4) is 0 Å². The number of benzene rings is 4. The zero-order valence-corrected chi connectivity index (χ0v) is 30.0. The van der Waals surface area contributed by atoms with Gasteiger partial charge in [0, 0.05) is 11.9 Å². The second kappa shape index (κ2) is 17.1. The van der Waals surface area contributed by atoms with E-state index in [1.165, 1.54) is 18.4 Å². The van der Waals surface area contributed by atoms with Crippen LogP contribution in [-0.4, -0.2) is 42.5 Å². The van der Waals surface area contributed by atoms with Crippen LogP contribution >= 0.6 is 0 Å². The van der Waals surface area contributed by atoms with Crippen LogP contribution in [0.15, 0.2) is 110 Å². The minimum absolute atomic E-state index is 0.0133. The minimum atomic E-state index is -3.10. The third-order valence-electron chi connectivity index (χ3n) is 9.71. The van der Waals surface area contributed by atoms with Crippen molar-refractivity contribution in [2.75, 3.05) is 11.2 Å². The summed E-state index contributed by atoms with van der Waals surface area (Å²) in [6.45, 7) is 3.40. The number of hydrogen-bond donors (Lipinski definition) is 2. The number of rotatable bonds is 18. The summed E-state index contributed by atoms with van der Waals surface area (Å²) < 4.78 is 36.6. The molecule has 0 saturated carbocycles. The van der Waals surface area contributed by atoms with Crippen molar-refractivity contribution in [1.29, 1.82) is 0 Å². The van der Waals surface area contributed by atoms with Crippen molar-refractivity contribution in [3.05, 3.63) is 149 Å². The Morgan fingerprint density at radius 1 is 0.827 bits per heavy atom. The molecule has 1 aliphatic heterocycles. The van der Waals surface area contributed by atoms with Crippen LogP contribution in [-0.2, 0) is 49.2 Å². The number of aliphatic carboxylic acids is 1. The van der Waals surface area contributed by atoms with E-state index < -0.39 is 33.6 Å². The van der Waals surface area contributed by atoms with Gasteiger partial charge in [0.1, 0.15) is 11.7 Å². The molecule has 0 bridgehead atoms. The van der Waals surface area contributed by atoms with Gasteiger partial charge < -0.3 is 15.1 Å². The lowest BCUT2D eigenvalue weighted by Gasteiger charge is -2.48. The predicted octanol–water partition coefficient (Wildman–Crippen LogP) is 7.15. The molecule has 10 heteroatoms. The number of nitrogens with zero attached hydrogens (tertiary/aromatic N) is 1. The number of halogens is 1. The normalized spacial score (nSPS) is 16.9. The summed E-state index contributed by atoms with van der Waals surface area (Å²) in [5.41, 5.74) is 6.21. The molecule has 0 aromatic heterocycles. The number of carbonyl (C=O) groups is 3. The molecule has 1 fully saturated rings.